The van der Waals surface area contributed by atoms with Gasteiger partial charge in [0, 0.05) is 29.9 Å². The van der Waals surface area contributed by atoms with E-state index in [9.17, 15) is 19.3 Å². The van der Waals surface area contributed by atoms with Crippen LogP contribution < -0.4 is 10.1 Å². The van der Waals surface area contributed by atoms with Gasteiger partial charge in [-0.25, -0.2) is 9.07 Å². The fraction of sp³-hybridized carbons (Fsp3) is 0.208. The van der Waals surface area contributed by atoms with E-state index in [0.717, 1.165) is 51.8 Å². The van der Waals surface area contributed by atoms with E-state index in [0.29, 0.717) is 19.3 Å². The monoisotopic (exact) mass is 461 g/mol. The number of ether oxygens (including phenoxy) is 1. The summed E-state index contributed by atoms with van der Waals surface area (Å²) >= 11 is 0. The zero-order valence-corrected chi connectivity index (χ0v) is 18.2. The Labute approximate surface area is 193 Å². The number of methoxy groups -OCH3 is 1. The highest BCUT2D eigenvalue weighted by molar-refractivity contribution is 5.95. The van der Waals surface area contributed by atoms with Crippen molar-refractivity contribution in [2.24, 2.45) is 0 Å². The lowest BCUT2D eigenvalue weighted by atomic mass is 9.93. The van der Waals surface area contributed by atoms with Gasteiger partial charge in [0.05, 0.1) is 40.6 Å². The number of halogens is 1. The number of nitrogens with one attached hydrogen (secondary N) is 1. The second kappa shape index (κ2) is 8.54. The fourth-order valence-electron chi connectivity index (χ4n) is 4.25. The molecule has 2 aromatic heterocycles. The van der Waals surface area contributed by atoms with E-state index in [1.165, 1.54) is 0 Å². The van der Waals surface area contributed by atoms with Crippen LogP contribution in [0.4, 0.5) is 10.1 Å². The smallest absolute Gasteiger partial charge is 0.272 e. The minimum atomic E-state index is -0.920. The second-order valence-corrected chi connectivity index (χ2v) is 8.09. The van der Waals surface area contributed by atoms with Crippen LogP contribution in [-0.2, 0) is 12.8 Å². The quantitative estimate of drug-likeness (QED) is 0.358. The van der Waals surface area contributed by atoms with E-state index in [2.05, 4.69) is 10.3 Å². The number of aryl methyl sites for hydroxylation is 1. The first-order chi connectivity index (χ1) is 16.4. The highest BCUT2D eigenvalue weighted by Gasteiger charge is 2.25. The molecule has 10 heteroatoms. The van der Waals surface area contributed by atoms with Crippen LogP contribution in [0.3, 0.4) is 0 Å². The maximum Gasteiger partial charge on any atom is 0.272 e. The topological polar surface area (TPSA) is 112 Å². The number of pyridine rings is 1. The molecule has 0 aliphatic heterocycles. The highest BCUT2D eigenvalue weighted by atomic mass is 19.1. The highest BCUT2D eigenvalue weighted by Crippen LogP contribution is 2.28. The number of carbonyl (C=O) groups is 1. The Morgan fingerprint density at radius 3 is 2.88 bits per heavy atom. The van der Waals surface area contributed by atoms with Crippen LogP contribution in [0, 0.1) is 15.9 Å². The Bertz CT molecular complexity index is 1430. The van der Waals surface area contributed by atoms with Crippen LogP contribution in [0.25, 0.3) is 16.6 Å². The molecule has 34 heavy (non-hydrogen) atoms. The van der Waals surface area contributed by atoms with Crippen molar-refractivity contribution in [3.8, 4) is 11.4 Å². The van der Waals surface area contributed by atoms with Gasteiger partial charge < -0.3 is 10.1 Å². The molecule has 1 N–H and O–H groups in total. The average Bonchev–Trinajstić information content (AvgIpc) is 3.26. The summed E-state index contributed by atoms with van der Waals surface area (Å²) in [6, 6.07) is 10.4. The normalized spacial score (nSPS) is 15.1. The van der Waals surface area contributed by atoms with Gasteiger partial charge in [0.15, 0.2) is 0 Å². The molecule has 0 bridgehead atoms. The van der Waals surface area contributed by atoms with Crippen molar-refractivity contribution in [1.29, 1.82) is 0 Å². The molecular weight excluding hydrogens is 441 g/mol. The molecule has 172 valence electrons. The number of nitro groups is 1. The maximum atomic E-state index is 14.2. The van der Waals surface area contributed by atoms with Gasteiger partial charge in [-0.3, -0.25) is 19.9 Å². The summed E-state index contributed by atoms with van der Waals surface area (Å²) in [7, 11) is 1.61. The molecule has 4 aromatic rings. The fourth-order valence-corrected chi connectivity index (χ4v) is 4.25. The first-order valence-corrected chi connectivity index (χ1v) is 10.7. The first-order valence-electron chi connectivity index (χ1n) is 10.7. The van der Waals surface area contributed by atoms with E-state index < -0.39 is 22.3 Å². The number of nitro benzene ring substituents is 1. The van der Waals surface area contributed by atoms with Crippen molar-refractivity contribution in [1.82, 2.24) is 20.1 Å². The van der Waals surface area contributed by atoms with E-state index in [4.69, 9.17) is 9.84 Å². The van der Waals surface area contributed by atoms with Crippen LogP contribution in [0.5, 0.6) is 5.75 Å². The SMILES string of the molecule is COc1ccc2nccc(-n3cc4c(n3)CCC(NC(=O)c3ccc([N+](=O)[O-])cc3F)C4)c2c1. The number of aromatic nitrogens is 3. The molecule has 1 unspecified atom stereocenters. The lowest BCUT2D eigenvalue weighted by molar-refractivity contribution is -0.385. The molecule has 1 atom stereocenters. The molecule has 5 rings (SSSR count). The van der Waals surface area contributed by atoms with Crippen LogP contribution >= 0.6 is 0 Å². The molecule has 0 fully saturated rings. The lowest BCUT2D eigenvalue weighted by Crippen LogP contribution is -2.39. The van der Waals surface area contributed by atoms with Crippen LogP contribution in [-0.4, -0.2) is 38.7 Å². The summed E-state index contributed by atoms with van der Waals surface area (Å²) < 4.78 is 21.4. The Morgan fingerprint density at radius 1 is 1.26 bits per heavy atom. The number of fused-ring (bicyclic) bond motifs is 2. The molecule has 0 radical (unpaired) electrons. The third-order valence-corrected chi connectivity index (χ3v) is 5.99. The lowest BCUT2D eigenvalue weighted by Gasteiger charge is -2.22. The summed E-state index contributed by atoms with van der Waals surface area (Å²) in [4.78, 5) is 27.1. The van der Waals surface area contributed by atoms with Gasteiger partial charge in [0.1, 0.15) is 11.6 Å². The Kier molecular flexibility index (Phi) is 5.40. The number of amides is 1. The van der Waals surface area contributed by atoms with Gasteiger partial charge in [-0.1, -0.05) is 0 Å². The summed E-state index contributed by atoms with van der Waals surface area (Å²) in [5.74, 6) is -0.795. The molecule has 1 amide bonds. The molecule has 2 heterocycles. The van der Waals surface area contributed by atoms with Gasteiger partial charge in [-0.15, -0.1) is 0 Å². The predicted octanol–water partition coefficient (Wildman–Crippen LogP) is 3.76. The van der Waals surface area contributed by atoms with E-state index >= 15 is 0 Å². The van der Waals surface area contributed by atoms with E-state index in [1.54, 1.807) is 13.3 Å². The van der Waals surface area contributed by atoms with Crippen molar-refractivity contribution in [3.05, 3.63) is 87.6 Å². The molecule has 0 spiro atoms. The van der Waals surface area contributed by atoms with Crippen molar-refractivity contribution in [2.45, 2.75) is 25.3 Å². The predicted molar refractivity (Wildman–Crippen MR) is 122 cm³/mol. The number of rotatable bonds is 5. The Balaban J connectivity index is 1.36. The zero-order chi connectivity index (χ0) is 23.8. The van der Waals surface area contributed by atoms with Gasteiger partial charge in [-0.2, -0.15) is 5.10 Å². The summed E-state index contributed by atoms with van der Waals surface area (Å²) in [6.45, 7) is 0. The van der Waals surface area contributed by atoms with Gasteiger partial charge in [0.2, 0.25) is 0 Å². The van der Waals surface area contributed by atoms with E-state index in [1.807, 2.05) is 35.1 Å². The standard InChI is InChI=1S/C24H20FN5O4/c1-34-17-4-7-22-19(12-17)23(8-9-26-22)29-13-14-10-15(2-6-21(14)28-29)27-24(31)18-5-3-16(30(32)33)11-20(18)25/h3-5,7-9,11-13,15H,2,6,10H2,1H3,(H,27,31). The van der Waals surface area contributed by atoms with Gasteiger partial charge >= 0.3 is 0 Å². The summed E-state index contributed by atoms with van der Waals surface area (Å²) in [5.41, 5.74) is 3.01. The average molecular weight is 461 g/mol. The Hall–Kier alpha value is -4.34. The molecule has 0 saturated carbocycles. The summed E-state index contributed by atoms with van der Waals surface area (Å²) in [6.07, 6.45) is 5.51. The summed E-state index contributed by atoms with van der Waals surface area (Å²) in [5, 5.41) is 19.3. The van der Waals surface area contributed by atoms with Crippen molar-refractivity contribution in [3.63, 3.8) is 0 Å². The van der Waals surface area contributed by atoms with Crippen LogP contribution in [0.1, 0.15) is 28.0 Å². The van der Waals surface area contributed by atoms with Gasteiger partial charge in [0.25, 0.3) is 11.6 Å². The van der Waals surface area contributed by atoms with Crippen LogP contribution in [0.15, 0.2) is 54.9 Å². The largest absolute Gasteiger partial charge is 0.497 e. The molecule has 1 aliphatic carbocycles. The van der Waals surface area contributed by atoms with Crippen molar-refractivity contribution < 1.29 is 18.8 Å². The molecule has 0 saturated heterocycles. The van der Waals surface area contributed by atoms with Crippen molar-refractivity contribution >= 4 is 22.5 Å². The number of benzene rings is 2. The maximum absolute atomic E-state index is 14.2. The minimum Gasteiger partial charge on any atom is -0.497 e. The Morgan fingerprint density at radius 2 is 2.12 bits per heavy atom. The number of hydrogen-bond acceptors (Lipinski definition) is 6. The van der Waals surface area contributed by atoms with Crippen molar-refractivity contribution in [2.75, 3.05) is 7.11 Å². The van der Waals surface area contributed by atoms with E-state index in [-0.39, 0.29) is 11.6 Å². The third-order valence-electron chi connectivity index (χ3n) is 5.99. The zero-order valence-electron chi connectivity index (χ0n) is 18.2. The molecular formula is C24H20FN5O4. The number of nitrogens with zero attached hydrogens (tertiary/aromatic N) is 4. The number of hydrogen-bond donors (Lipinski definition) is 1. The second-order valence-electron chi connectivity index (χ2n) is 8.09. The van der Waals surface area contributed by atoms with Crippen LogP contribution in [0.2, 0.25) is 0 Å². The molecule has 9 nitrogen and oxygen atoms in total. The number of non-ortho nitro benzene ring substituents is 1. The molecule has 2 aromatic carbocycles. The number of carbonyl (C=O) groups excluding carboxylic acids is 1. The van der Waals surface area contributed by atoms with Gasteiger partial charge in [-0.05, 0) is 55.2 Å². The third kappa shape index (κ3) is 3.94. The molecule has 1 aliphatic rings. The minimum absolute atomic E-state index is 0.207. The first kappa shape index (κ1) is 21.5.